The average Bonchev–Trinajstić information content (AvgIpc) is 3.26. The molecule has 0 atom stereocenters. The predicted molar refractivity (Wildman–Crippen MR) is 107 cm³/mol. The van der Waals surface area contributed by atoms with Crippen LogP contribution in [0, 0.1) is 6.92 Å². The molecule has 0 bridgehead atoms. The minimum absolute atomic E-state index is 0.0284. The number of amides is 2. The Morgan fingerprint density at radius 1 is 1.25 bits per heavy atom. The summed E-state index contributed by atoms with van der Waals surface area (Å²) in [6, 6.07) is 0. The number of hydrogen-bond donors (Lipinski definition) is 1. The van der Waals surface area contributed by atoms with Crippen LogP contribution in [0.4, 0.5) is 0 Å². The molecule has 0 aromatic carbocycles. The number of nitrogens with one attached hydrogen (secondary N) is 1. The molecule has 4 rings (SSSR count). The summed E-state index contributed by atoms with van der Waals surface area (Å²) >= 11 is 1.26. The van der Waals surface area contributed by atoms with Gasteiger partial charge in [-0.15, -0.1) is 11.3 Å². The van der Waals surface area contributed by atoms with E-state index < -0.39 is 0 Å². The SMILES string of the molecule is Cc1c(C(=O)N(C)CC(=O)N2CC[NH+](C)CC2)sc2nc3n(c(=O)c12)CCC3. The summed E-state index contributed by atoms with van der Waals surface area (Å²) in [5.74, 6) is 0.552. The molecule has 9 heteroatoms. The molecular weight excluding hydrogens is 378 g/mol. The highest BCUT2D eigenvalue weighted by Gasteiger charge is 2.27. The average molecular weight is 405 g/mol. The molecule has 0 radical (unpaired) electrons. The number of hydrogen-bond acceptors (Lipinski definition) is 5. The number of carbonyl (C=O) groups is 2. The van der Waals surface area contributed by atoms with Gasteiger partial charge in [0.15, 0.2) is 0 Å². The van der Waals surface area contributed by atoms with Crippen molar-refractivity contribution in [3.05, 3.63) is 26.6 Å². The Labute approximate surface area is 167 Å². The van der Waals surface area contributed by atoms with Crippen molar-refractivity contribution >= 4 is 33.4 Å². The molecule has 1 N–H and O–H groups in total. The smallest absolute Gasteiger partial charge is 0.264 e. The predicted octanol–water partition coefficient (Wildman–Crippen LogP) is -0.858. The Kier molecular flexibility index (Phi) is 4.96. The molecule has 2 amide bonds. The summed E-state index contributed by atoms with van der Waals surface area (Å²) in [6.07, 6.45) is 1.73. The first-order chi connectivity index (χ1) is 13.4. The Morgan fingerprint density at radius 2 is 1.96 bits per heavy atom. The fourth-order valence-electron chi connectivity index (χ4n) is 3.97. The number of piperazine rings is 1. The maximum Gasteiger partial charge on any atom is 0.264 e. The van der Waals surface area contributed by atoms with Gasteiger partial charge in [0.1, 0.15) is 10.7 Å². The number of likely N-dealkylation sites (N-methyl/N-ethyl adjacent to an activating group) is 2. The lowest BCUT2D eigenvalue weighted by molar-refractivity contribution is -0.883. The van der Waals surface area contributed by atoms with Gasteiger partial charge in [-0.1, -0.05) is 0 Å². The summed E-state index contributed by atoms with van der Waals surface area (Å²) in [4.78, 5) is 48.8. The molecule has 4 heterocycles. The van der Waals surface area contributed by atoms with Crippen LogP contribution in [0.3, 0.4) is 0 Å². The van der Waals surface area contributed by atoms with Gasteiger partial charge in [-0.3, -0.25) is 19.0 Å². The third kappa shape index (κ3) is 3.22. The van der Waals surface area contributed by atoms with Crippen LogP contribution in [-0.4, -0.2) is 78.0 Å². The number of quaternary nitrogens is 1. The number of fused-ring (bicyclic) bond motifs is 2. The first-order valence-electron chi connectivity index (χ1n) is 9.74. The van der Waals surface area contributed by atoms with Crippen molar-refractivity contribution in [1.29, 1.82) is 0 Å². The largest absolute Gasteiger partial charge is 0.334 e. The second-order valence-electron chi connectivity index (χ2n) is 7.82. The van der Waals surface area contributed by atoms with Crippen molar-refractivity contribution in [2.75, 3.05) is 46.8 Å². The number of carbonyl (C=O) groups excluding carboxylic acids is 2. The summed E-state index contributed by atoms with van der Waals surface area (Å²) in [5.41, 5.74) is 0.621. The van der Waals surface area contributed by atoms with Crippen LogP contribution >= 0.6 is 11.3 Å². The van der Waals surface area contributed by atoms with Crippen molar-refractivity contribution in [3.8, 4) is 0 Å². The number of thiophene rings is 1. The van der Waals surface area contributed by atoms with E-state index in [9.17, 15) is 14.4 Å². The van der Waals surface area contributed by atoms with Crippen LogP contribution < -0.4 is 10.5 Å². The van der Waals surface area contributed by atoms with E-state index in [2.05, 4.69) is 12.0 Å². The molecular formula is C19H26N5O3S+. The lowest BCUT2D eigenvalue weighted by atomic mass is 10.2. The Balaban J connectivity index is 1.55. The normalized spacial score (nSPS) is 17.2. The Morgan fingerprint density at radius 3 is 2.68 bits per heavy atom. The van der Waals surface area contributed by atoms with E-state index in [1.807, 2.05) is 4.90 Å². The highest BCUT2D eigenvalue weighted by molar-refractivity contribution is 7.20. The zero-order chi connectivity index (χ0) is 20.0. The van der Waals surface area contributed by atoms with E-state index in [1.54, 1.807) is 18.5 Å². The van der Waals surface area contributed by atoms with Gasteiger partial charge in [-0.25, -0.2) is 4.98 Å². The van der Waals surface area contributed by atoms with Gasteiger partial charge in [0.2, 0.25) is 5.91 Å². The van der Waals surface area contributed by atoms with E-state index in [0.717, 1.165) is 44.8 Å². The van der Waals surface area contributed by atoms with Gasteiger partial charge < -0.3 is 14.7 Å². The molecule has 0 saturated carbocycles. The molecule has 2 aromatic rings. The molecule has 8 nitrogen and oxygen atoms in total. The maximum absolute atomic E-state index is 13.0. The number of nitrogens with zero attached hydrogens (tertiary/aromatic N) is 4. The first-order valence-corrected chi connectivity index (χ1v) is 10.6. The topological polar surface area (TPSA) is 80.0 Å². The quantitative estimate of drug-likeness (QED) is 0.722. The molecule has 0 spiro atoms. The number of rotatable bonds is 3. The third-order valence-corrected chi connectivity index (χ3v) is 6.97. The van der Waals surface area contributed by atoms with Crippen LogP contribution in [0.25, 0.3) is 10.2 Å². The fourth-order valence-corrected chi connectivity index (χ4v) is 5.15. The highest BCUT2D eigenvalue weighted by Crippen LogP contribution is 2.29. The molecule has 1 fully saturated rings. The molecule has 28 heavy (non-hydrogen) atoms. The lowest BCUT2D eigenvalue weighted by Gasteiger charge is -2.31. The summed E-state index contributed by atoms with van der Waals surface area (Å²) in [6.45, 7) is 5.85. The third-order valence-electron chi connectivity index (χ3n) is 5.79. The highest BCUT2D eigenvalue weighted by atomic mass is 32.1. The van der Waals surface area contributed by atoms with E-state index in [1.165, 1.54) is 21.1 Å². The van der Waals surface area contributed by atoms with Crippen LogP contribution in [0.1, 0.15) is 27.5 Å². The summed E-state index contributed by atoms with van der Waals surface area (Å²) in [7, 11) is 3.76. The molecule has 1 saturated heterocycles. The number of aromatic nitrogens is 2. The molecule has 2 aliphatic heterocycles. The van der Waals surface area contributed by atoms with Crippen LogP contribution in [-0.2, 0) is 17.8 Å². The first kappa shape index (κ1) is 19.1. The van der Waals surface area contributed by atoms with Crippen molar-refractivity contribution in [2.45, 2.75) is 26.3 Å². The summed E-state index contributed by atoms with van der Waals surface area (Å²) < 4.78 is 1.72. The van der Waals surface area contributed by atoms with Crippen LogP contribution in [0.2, 0.25) is 0 Å². The Bertz CT molecular complexity index is 1000. The monoisotopic (exact) mass is 404 g/mol. The van der Waals surface area contributed by atoms with Gasteiger partial charge in [0.25, 0.3) is 11.5 Å². The lowest BCUT2D eigenvalue weighted by Crippen LogP contribution is -3.12. The molecule has 2 aliphatic rings. The zero-order valence-corrected chi connectivity index (χ0v) is 17.4. The minimum atomic E-state index is -0.224. The van der Waals surface area contributed by atoms with E-state index in [0.29, 0.717) is 27.2 Å². The van der Waals surface area contributed by atoms with Gasteiger partial charge >= 0.3 is 0 Å². The maximum atomic E-state index is 13.0. The van der Waals surface area contributed by atoms with Crippen molar-refractivity contribution in [2.24, 2.45) is 0 Å². The van der Waals surface area contributed by atoms with Crippen molar-refractivity contribution < 1.29 is 14.5 Å². The van der Waals surface area contributed by atoms with Gasteiger partial charge in [-0.05, 0) is 18.9 Å². The second kappa shape index (κ2) is 7.29. The minimum Gasteiger partial charge on any atom is -0.334 e. The second-order valence-corrected chi connectivity index (χ2v) is 8.82. The van der Waals surface area contributed by atoms with Crippen molar-refractivity contribution in [3.63, 3.8) is 0 Å². The molecule has 2 aromatic heterocycles. The zero-order valence-electron chi connectivity index (χ0n) is 16.6. The van der Waals surface area contributed by atoms with Gasteiger partial charge in [0.05, 0.1) is 50.0 Å². The van der Waals surface area contributed by atoms with Gasteiger partial charge in [0, 0.05) is 20.0 Å². The van der Waals surface area contributed by atoms with Crippen LogP contribution in [0.5, 0.6) is 0 Å². The van der Waals surface area contributed by atoms with E-state index in [-0.39, 0.29) is 23.9 Å². The molecule has 0 unspecified atom stereocenters. The molecule has 0 aliphatic carbocycles. The molecule has 150 valence electrons. The number of aryl methyl sites for hydroxylation is 2. The van der Waals surface area contributed by atoms with Crippen LogP contribution in [0.15, 0.2) is 4.79 Å². The van der Waals surface area contributed by atoms with Crippen molar-refractivity contribution in [1.82, 2.24) is 19.4 Å². The van der Waals surface area contributed by atoms with E-state index in [4.69, 9.17) is 0 Å². The van der Waals surface area contributed by atoms with Gasteiger partial charge in [-0.2, -0.15) is 0 Å². The Hall–Kier alpha value is -2.26. The summed E-state index contributed by atoms with van der Waals surface area (Å²) in [5, 5.41) is 0.542. The van der Waals surface area contributed by atoms with E-state index >= 15 is 0 Å². The standard InChI is InChI=1S/C19H25N5O3S/c1-12-15-17(20-13-5-4-6-24(13)18(15)26)28-16(12)19(27)22(3)11-14(25)23-9-7-21(2)8-10-23/h4-11H2,1-3H3/p+1. The fraction of sp³-hybridized carbons (Fsp3) is 0.579.